The highest BCUT2D eigenvalue weighted by atomic mass is 16.5. The Hall–Kier alpha value is -1.33. The molecule has 5 heteroatoms. The Morgan fingerprint density at radius 2 is 2.53 bits per heavy atom. The molecule has 2 heterocycles. The van der Waals surface area contributed by atoms with Gasteiger partial charge in [0.05, 0.1) is 24.8 Å². The molecule has 1 aromatic heterocycles. The number of hydrogen-bond donors (Lipinski definition) is 2. The van der Waals surface area contributed by atoms with Gasteiger partial charge in [-0.25, -0.2) is 0 Å². The number of ether oxygens (including phenoxy) is 1. The molecular weight excluding hydrogens is 222 g/mol. The zero-order valence-corrected chi connectivity index (χ0v) is 9.76. The van der Waals surface area contributed by atoms with Crippen LogP contribution in [0, 0.1) is 5.92 Å². The van der Waals surface area contributed by atoms with Gasteiger partial charge in [0.2, 0.25) is 5.91 Å². The maximum Gasteiger partial charge on any atom is 0.225 e. The van der Waals surface area contributed by atoms with Crippen molar-refractivity contribution >= 4 is 5.91 Å². The number of amides is 1. The third kappa shape index (κ3) is 2.87. The van der Waals surface area contributed by atoms with Crippen LogP contribution < -0.4 is 5.32 Å². The summed E-state index contributed by atoms with van der Waals surface area (Å²) in [5.41, 5.74) is 0. The number of rotatable bonds is 4. The van der Waals surface area contributed by atoms with Gasteiger partial charge in [-0.2, -0.15) is 0 Å². The molecule has 1 fully saturated rings. The summed E-state index contributed by atoms with van der Waals surface area (Å²) in [5.74, 6) is 0.278. The molecule has 0 bridgehead atoms. The molecule has 1 aliphatic heterocycles. The number of hydrogen-bond acceptors (Lipinski definition) is 4. The van der Waals surface area contributed by atoms with E-state index in [9.17, 15) is 9.90 Å². The average molecular weight is 239 g/mol. The van der Waals surface area contributed by atoms with Crippen LogP contribution in [0.25, 0.3) is 0 Å². The van der Waals surface area contributed by atoms with Crippen molar-refractivity contribution in [3.05, 3.63) is 24.2 Å². The maximum absolute atomic E-state index is 11.8. The van der Waals surface area contributed by atoms with Crippen LogP contribution in [0.2, 0.25) is 0 Å². The molecule has 0 saturated carbocycles. The van der Waals surface area contributed by atoms with Gasteiger partial charge in [-0.15, -0.1) is 0 Å². The minimum Gasteiger partial charge on any atom is -0.467 e. The van der Waals surface area contributed by atoms with Gasteiger partial charge in [0.25, 0.3) is 0 Å². The predicted molar refractivity (Wildman–Crippen MR) is 60.2 cm³/mol. The number of aliphatic hydroxyl groups excluding tert-OH is 1. The van der Waals surface area contributed by atoms with Gasteiger partial charge in [-0.05, 0) is 25.5 Å². The van der Waals surface area contributed by atoms with Gasteiger partial charge in [-0.1, -0.05) is 0 Å². The smallest absolute Gasteiger partial charge is 0.225 e. The van der Waals surface area contributed by atoms with Crippen LogP contribution in [0.4, 0.5) is 0 Å². The quantitative estimate of drug-likeness (QED) is 0.817. The summed E-state index contributed by atoms with van der Waals surface area (Å²) >= 11 is 0. The molecule has 1 saturated heterocycles. The molecule has 2 rings (SSSR count). The van der Waals surface area contributed by atoms with Crippen molar-refractivity contribution in [2.24, 2.45) is 5.92 Å². The fourth-order valence-corrected chi connectivity index (χ4v) is 1.99. The lowest BCUT2D eigenvalue weighted by Gasteiger charge is -2.15. The highest BCUT2D eigenvalue weighted by Crippen LogP contribution is 2.20. The standard InChI is InChI=1S/C12H17NO4/c1-8-9(4-6-16-8)12(15)13-7-10(14)11-3-2-5-17-11/h2-3,5,8-10,14H,4,6-7H2,1H3,(H,13,15). The van der Waals surface area contributed by atoms with Gasteiger partial charge < -0.3 is 19.6 Å². The number of nitrogens with one attached hydrogen (secondary N) is 1. The van der Waals surface area contributed by atoms with E-state index < -0.39 is 6.10 Å². The minimum absolute atomic E-state index is 0.0456. The van der Waals surface area contributed by atoms with Gasteiger partial charge >= 0.3 is 0 Å². The van der Waals surface area contributed by atoms with E-state index in [1.807, 2.05) is 6.92 Å². The zero-order valence-electron chi connectivity index (χ0n) is 9.76. The normalized spacial score (nSPS) is 25.8. The average Bonchev–Trinajstić information content (AvgIpc) is 2.95. The monoisotopic (exact) mass is 239 g/mol. The van der Waals surface area contributed by atoms with Crippen LogP contribution in [-0.4, -0.2) is 30.3 Å². The summed E-state index contributed by atoms with van der Waals surface area (Å²) in [6.07, 6.45) is 1.39. The van der Waals surface area contributed by atoms with Crippen LogP contribution in [0.1, 0.15) is 25.2 Å². The largest absolute Gasteiger partial charge is 0.467 e. The minimum atomic E-state index is -0.799. The van der Waals surface area contributed by atoms with E-state index in [4.69, 9.17) is 9.15 Å². The highest BCUT2D eigenvalue weighted by molar-refractivity contribution is 5.79. The van der Waals surface area contributed by atoms with Crippen LogP contribution >= 0.6 is 0 Å². The third-order valence-corrected chi connectivity index (χ3v) is 3.05. The van der Waals surface area contributed by atoms with Crippen molar-refractivity contribution in [1.29, 1.82) is 0 Å². The second-order valence-corrected chi connectivity index (χ2v) is 4.25. The van der Waals surface area contributed by atoms with Gasteiger partial charge in [0.1, 0.15) is 11.9 Å². The second kappa shape index (κ2) is 5.33. The van der Waals surface area contributed by atoms with Gasteiger partial charge in [0.15, 0.2) is 0 Å². The first kappa shape index (κ1) is 12.1. The lowest BCUT2D eigenvalue weighted by atomic mass is 10.0. The first-order valence-electron chi connectivity index (χ1n) is 5.79. The second-order valence-electron chi connectivity index (χ2n) is 4.25. The fourth-order valence-electron chi connectivity index (χ4n) is 1.99. The summed E-state index contributed by atoms with van der Waals surface area (Å²) in [5, 5.41) is 12.4. The van der Waals surface area contributed by atoms with E-state index in [-0.39, 0.29) is 24.5 Å². The molecule has 0 radical (unpaired) electrons. The highest BCUT2D eigenvalue weighted by Gasteiger charge is 2.30. The molecule has 0 aromatic carbocycles. The van der Waals surface area contributed by atoms with Crippen LogP contribution in [-0.2, 0) is 9.53 Å². The van der Waals surface area contributed by atoms with Gasteiger partial charge in [-0.3, -0.25) is 4.79 Å². The van der Waals surface area contributed by atoms with E-state index in [1.165, 1.54) is 6.26 Å². The Bertz CT molecular complexity index is 363. The molecule has 0 spiro atoms. The molecule has 1 amide bonds. The summed E-state index contributed by atoms with van der Waals surface area (Å²) in [7, 11) is 0. The number of carbonyl (C=O) groups is 1. The van der Waals surface area contributed by atoms with E-state index >= 15 is 0 Å². The SMILES string of the molecule is CC1OCCC1C(=O)NCC(O)c1ccco1. The summed E-state index contributed by atoms with van der Waals surface area (Å²) in [6, 6.07) is 3.38. The van der Waals surface area contributed by atoms with Crippen molar-refractivity contribution in [3.8, 4) is 0 Å². The van der Waals surface area contributed by atoms with E-state index in [0.29, 0.717) is 12.4 Å². The topological polar surface area (TPSA) is 71.7 Å². The maximum atomic E-state index is 11.8. The molecule has 3 atom stereocenters. The van der Waals surface area contributed by atoms with Crippen LogP contribution in [0.5, 0.6) is 0 Å². The van der Waals surface area contributed by atoms with E-state index in [1.54, 1.807) is 12.1 Å². The molecule has 1 aromatic rings. The van der Waals surface area contributed by atoms with E-state index in [2.05, 4.69) is 5.32 Å². The zero-order chi connectivity index (χ0) is 12.3. The third-order valence-electron chi connectivity index (χ3n) is 3.05. The Morgan fingerprint density at radius 1 is 1.71 bits per heavy atom. The van der Waals surface area contributed by atoms with Crippen molar-refractivity contribution in [2.45, 2.75) is 25.6 Å². The Kier molecular flexibility index (Phi) is 3.81. The van der Waals surface area contributed by atoms with Crippen LogP contribution in [0.3, 0.4) is 0 Å². The predicted octanol–water partition coefficient (Wildman–Crippen LogP) is 0.854. The number of carbonyl (C=O) groups excluding carboxylic acids is 1. The summed E-state index contributed by atoms with van der Waals surface area (Å²) in [4.78, 5) is 11.8. The summed E-state index contributed by atoms with van der Waals surface area (Å²) < 4.78 is 10.4. The lowest BCUT2D eigenvalue weighted by molar-refractivity contribution is -0.126. The first-order chi connectivity index (χ1) is 8.18. The van der Waals surface area contributed by atoms with Gasteiger partial charge in [0, 0.05) is 6.61 Å². The van der Waals surface area contributed by atoms with Crippen LogP contribution in [0.15, 0.2) is 22.8 Å². The molecule has 17 heavy (non-hydrogen) atoms. The van der Waals surface area contributed by atoms with E-state index in [0.717, 1.165) is 6.42 Å². The number of furan rings is 1. The Labute approximate surface area is 99.8 Å². The molecule has 3 unspecified atom stereocenters. The Morgan fingerprint density at radius 3 is 3.12 bits per heavy atom. The molecule has 94 valence electrons. The summed E-state index contributed by atoms with van der Waals surface area (Å²) in [6.45, 7) is 2.68. The molecule has 0 aliphatic carbocycles. The first-order valence-corrected chi connectivity index (χ1v) is 5.79. The molecular formula is C12H17NO4. The number of aliphatic hydroxyl groups is 1. The fraction of sp³-hybridized carbons (Fsp3) is 0.583. The van der Waals surface area contributed by atoms with Crippen molar-refractivity contribution in [3.63, 3.8) is 0 Å². The Balaban J connectivity index is 1.80. The molecule has 1 aliphatic rings. The lowest BCUT2D eigenvalue weighted by Crippen LogP contribution is -2.36. The van der Waals surface area contributed by atoms with Crippen molar-refractivity contribution < 1.29 is 19.1 Å². The molecule has 5 nitrogen and oxygen atoms in total. The van der Waals surface area contributed by atoms with Crippen molar-refractivity contribution in [2.75, 3.05) is 13.2 Å². The molecule has 2 N–H and O–H groups in total. The van der Waals surface area contributed by atoms with Crippen molar-refractivity contribution in [1.82, 2.24) is 5.32 Å².